The fourth-order valence-corrected chi connectivity index (χ4v) is 2.52. The predicted molar refractivity (Wildman–Crippen MR) is 72.5 cm³/mol. The van der Waals surface area contributed by atoms with Gasteiger partial charge < -0.3 is 9.47 Å². The summed E-state index contributed by atoms with van der Waals surface area (Å²) in [6.45, 7) is 1.90. The van der Waals surface area contributed by atoms with Gasteiger partial charge in [0.25, 0.3) is 0 Å². The van der Waals surface area contributed by atoms with Crippen LogP contribution in [0.2, 0.25) is 0 Å². The van der Waals surface area contributed by atoms with Gasteiger partial charge >= 0.3 is 0 Å². The maximum atomic E-state index is 12.3. The molecule has 0 bridgehead atoms. The number of nitrogens with zero attached hydrogens (tertiary/aromatic N) is 2. The Balaban J connectivity index is 1.88. The molecule has 0 unspecified atom stereocenters. The highest BCUT2D eigenvalue weighted by molar-refractivity contribution is 5.94. The minimum absolute atomic E-state index is 0.0607. The Labute approximate surface area is 117 Å². The van der Waals surface area contributed by atoms with E-state index < -0.39 is 5.60 Å². The first-order chi connectivity index (χ1) is 9.62. The van der Waals surface area contributed by atoms with Crippen molar-refractivity contribution >= 4 is 11.6 Å². The van der Waals surface area contributed by atoms with Crippen LogP contribution in [-0.4, -0.2) is 29.9 Å². The van der Waals surface area contributed by atoms with E-state index in [2.05, 4.69) is 10.4 Å². The van der Waals surface area contributed by atoms with Crippen LogP contribution in [0.15, 0.2) is 36.3 Å². The minimum Gasteiger partial charge on any atom is -0.356 e. The summed E-state index contributed by atoms with van der Waals surface area (Å²) < 4.78 is 11.1. The van der Waals surface area contributed by atoms with Gasteiger partial charge in [-0.1, -0.05) is 6.08 Å². The van der Waals surface area contributed by atoms with Crippen molar-refractivity contribution in [2.24, 2.45) is 0 Å². The van der Waals surface area contributed by atoms with Crippen molar-refractivity contribution in [1.82, 2.24) is 10.4 Å². The molecule has 0 radical (unpaired) electrons. The number of carbonyl (C=O) groups excluding carboxylic acids is 1. The van der Waals surface area contributed by atoms with E-state index in [1.54, 1.807) is 25.6 Å². The molecule has 3 rings (SSSR count). The van der Waals surface area contributed by atoms with Gasteiger partial charge in [-0.15, -0.1) is 0 Å². The van der Waals surface area contributed by atoms with Crippen molar-refractivity contribution in [3.63, 3.8) is 0 Å². The number of pyridine rings is 1. The van der Waals surface area contributed by atoms with Gasteiger partial charge in [-0.3, -0.25) is 15.2 Å². The number of methoxy groups -OCH3 is 1. The van der Waals surface area contributed by atoms with Crippen LogP contribution in [-0.2, 0) is 14.3 Å². The third kappa shape index (κ3) is 2.17. The zero-order valence-electron chi connectivity index (χ0n) is 11.5. The lowest BCUT2D eigenvalue weighted by Gasteiger charge is -2.45. The van der Waals surface area contributed by atoms with Gasteiger partial charge in [0.05, 0.1) is 24.0 Å². The second-order valence-electron chi connectivity index (χ2n) is 5.10. The van der Waals surface area contributed by atoms with Crippen LogP contribution in [0.4, 0.5) is 5.69 Å². The summed E-state index contributed by atoms with van der Waals surface area (Å²) in [5.74, 6) is -0.0607. The van der Waals surface area contributed by atoms with Crippen molar-refractivity contribution in [3.05, 3.63) is 36.3 Å². The lowest BCUT2D eigenvalue weighted by atomic mass is 9.92. The number of nitrogens with one attached hydrogen (secondary N) is 1. The molecule has 3 heterocycles. The van der Waals surface area contributed by atoms with Gasteiger partial charge in [-0.25, -0.2) is 5.01 Å². The Kier molecular flexibility index (Phi) is 3.19. The molecule has 1 aromatic rings. The largest absolute Gasteiger partial charge is 0.356 e. The van der Waals surface area contributed by atoms with Gasteiger partial charge in [-0.2, -0.15) is 0 Å². The highest BCUT2D eigenvalue weighted by Crippen LogP contribution is 2.35. The van der Waals surface area contributed by atoms with Crippen LogP contribution < -0.4 is 10.4 Å². The van der Waals surface area contributed by atoms with E-state index in [1.165, 1.54) is 5.01 Å². The normalized spacial score (nSPS) is 29.5. The second kappa shape index (κ2) is 4.88. The second-order valence-corrected chi connectivity index (χ2v) is 5.10. The highest BCUT2D eigenvalue weighted by Gasteiger charge is 2.44. The molecule has 0 aromatic carbocycles. The molecule has 2 aliphatic rings. The molecule has 1 N–H and O–H groups in total. The number of carbonyl (C=O) groups is 1. The molecular formula is C14H17N3O3. The molecule has 2 aliphatic heterocycles. The van der Waals surface area contributed by atoms with Crippen LogP contribution in [0.3, 0.4) is 0 Å². The molecule has 1 fully saturated rings. The number of hydrogen-bond acceptors (Lipinski definition) is 5. The van der Waals surface area contributed by atoms with Crippen molar-refractivity contribution in [1.29, 1.82) is 0 Å². The average Bonchev–Trinajstić information content (AvgIpc) is 2.46. The smallest absolute Gasteiger partial charge is 0.248 e. The lowest BCUT2D eigenvalue weighted by Crippen LogP contribution is -2.59. The van der Waals surface area contributed by atoms with Crippen LogP contribution >= 0.6 is 0 Å². The molecule has 2 atom stereocenters. The highest BCUT2D eigenvalue weighted by atomic mass is 16.7. The number of hydrazine groups is 1. The Bertz CT molecular complexity index is 546. The van der Waals surface area contributed by atoms with E-state index in [0.717, 1.165) is 5.70 Å². The summed E-state index contributed by atoms with van der Waals surface area (Å²) in [5.41, 5.74) is 4.07. The number of rotatable bonds is 2. The standard InChI is InChI=1S/C14H17N3O3/c1-14-8-12(18)17(10-4-3-7-15-9-10)16-11(14)5-6-13(19-2)20-14/h3-5,7,9,13,16H,6,8H2,1-2H3/t13-,14-/m0/s1. The van der Waals surface area contributed by atoms with Gasteiger partial charge in [0.15, 0.2) is 6.29 Å². The molecule has 1 saturated heterocycles. The topological polar surface area (TPSA) is 63.7 Å². The van der Waals surface area contributed by atoms with Crippen LogP contribution in [0.5, 0.6) is 0 Å². The minimum atomic E-state index is -0.658. The SMILES string of the molecule is CO[C@@H]1CC=C2NN(c3cccnc3)C(=O)C[C@]2(C)O1. The number of hydrogen-bond donors (Lipinski definition) is 1. The van der Waals surface area contributed by atoms with Crippen molar-refractivity contribution < 1.29 is 14.3 Å². The monoisotopic (exact) mass is 275 g/mol. The number of fused-ring (bicyclic) bond motifs is 1. The predicted octanol–water partition coefficient (Wildman–Crippen LogP) is 1.36. The van der Waals surface area contributed by atoms with Crippen molar-refractivity contribution in [2.75, 3.05) is 12.1 Å². The van der Waals surface area contributed by atoms with Crippen LogP contribution in [0, 0.1) is 0 Å². The van der Waals surface area contributed by atoms with Gasteiger partial charge in [0.1, 0.15) is 5.60 Å². The maximum Gasteiger partial charge on any atom is 0.248 e. The average molecular weight is 275 g/mol. The first kappa shape index (κ1) is 13.1. The summed E-state index contributed by atoms with van der Waals surface area (Å²) in [5, 5.41) is 1.51. The zero-order valence-corrected chi connectivity index (χ0v) is 11.5. The first-order valence-corrected chi connectivity index (χ1v) is 6.53. The Morgan fingerprint density at radius 2 is 2.45 bits per heavy atom. The molecule has 6 heteroatoms. The van der Waals surface area contributed by atoms with Crippen LogP contribution in [0.1, 0.15) is 19.8 Å². The molecular weight excluding hydrogens is 258 g/mol. The summed E-state index contributed by atoms with van der Waals surface area (Å²) in [6.07, 6.45) is 5.96. The summed E-state index contributed by atoms with van der Waals surface area (Å²) >= 11 is 0. The summed E-state index contributed by atoms with van der Waals surface area (Å²) in [6, 6.07) is 3.63. The molecule has 0 spiro atoms. The summed E-state index contributed by atoms with van der Waals surface area (Å²) in [7, 11) is 1.60. The Morgan fingerprint density at radius 1 is 1.60 bits per heavy atom. The number of amides is 1. The maximum absolute atomic E-state index is 12.3. The quantitative estimate of drug-likeness (QED) is 0.883. The Hall–Kier alpha value is -1.92. The Morgan fingerprint density at radius 3 is 3.15 bits per heavy atom. The zero-order chi connectivity index (χ0) is 14.2. The van der Waals surface area contributed by atoms with Crippen molar-refractivity contribution in [3.8, 4) is 0 Å². The lowest BCUT2D eigenvalue weighted by molar-refractivity contribution is -0.194. The van der Waals surface area contributed by atoms with E-state index in [4.69, 9.17) is 9.47 Å². The van der Waals surface area contributed by atoms with E-state index in [9.17, 15) is 4.79 Å². The third-order valence-electron chi connectivity index (χ3n) is 3.61. The number of aromatic nitrogens is 1. The molecule has 0 aliphatic carbocycles. The van der Waals surface area contributed by atoms with Crippen molar-refractivity contribution in [2.45, 2.75) is 31.7 Å². The van der Waals surface area contributed by atoms with E-state index in [0.29, 0.717) is 12.1 Å². The molecule has 6 nitrogen and oxygen atoms in total. The number of ether oxygens (including phenoxy) is 2. The molecule has 20 heavy (non-hydrogen) atoms. The van der Waals surface area contributed by atoms with Gasteiger partial charge in [0, 0.05) is 19.7 Å². The fourth-order valence-electron chi connectivity index (χ4n) is 2.52. The molecule has 106 valence electrons. The van der Waals surface area contributed by atoms with E-state index >= 15 is 0 Å². The van der Waals surface area contributed by atoms with Gasteiger partial charge in [-0.05, 0) is 19.1 Å². The molecule has 1 amide bonds. The molecule has 0 saturated carbocycles. The third-order valence-corrected chi connectivity index (χ3v) is 3.61. The first-order valence-electron chi connectivity index (χ1n) is 6.53. The van der Waals surface area contributed by atoms with Gasteiger partial charge in [0.2, 0.25) is 5.91 Å². The fraction of sp³-hybridized carbons (Fsp3) is 0.429. The van der Waals surface area contributed by atoms with E-state index in [-0.39, 0.29) is 18.6 Å². The van der Waals surface area contributed by atoms with E-state index in [1.807, 2.05) is 19.1 Å². The van der Waals surface area contributed by atoms with Crippen LogP contribution in [0.25, 0.3) is 0 Å². The summed E-state index contributed by atoms with van der Waals surface area (Å²) in [4.78, 5) is 16.4. The molecule has 1 aromatic heterocycles. The number of anilines is 1.